The zero-order valence-corrected chi connectivity index (χ0v) is 13.8. The van der Waals surface area contributed by atoms with Crippen molar-refractivity contribution in [3.63, 3.8) is 0 Å². The zero-order chi connectivity index (χ0) is 17.0. The molecule has 0 aromatic heterocycles. The fourth-order valence-electron chi connectivity index (χ4n) is 1.67. The van der Waals surface area contributed by atoms with Crippen LogP contribution < -0.4 is 15.6 Å². The number of nitrogens with zero attached hydrogens (tertiary/aromatic N) is 2. The maximum absolute atomic E-state index is 12.1. The minimum absolute atomic E-state index is 0.00782. The number of nitrogens with one attached hydrogen (secondary N) is 3. The molecule has 0 saturated carbocycles. The van der Waals surface area contributed by atoms with Gasteiger partial charge in [0.2, 0.25) is 5.88 Å². The second-order valence-electron chi connectivity index (χ2n) is 4.33. The van der Waals surface area contributed by atoms with E-state index in [1.807, 2.05) is 4.72 Å². The molecular formula is C12H14ClN5O4S. The SMILES string of the molecule is COC1=CN(NC(=O)NS(=O)(=O)c2ccccc2Cl)NC(C)=N1. The van der Waals surface area contributed by atoms with Gasteiger partial charge in [0.25, 0.3) is 10.0 Å². The molecule has 2 amide bonds. The van der Waals surface area contributed by atoms with E-state index in [1.54, 1.807) is 13.0 Å². The molecule has 3 N–H and O–H groups in total. The van der Waals surface area contributed by atoms with Crippen molar-refractivity contribution >= 4 is 33.5 Å². The third kappa shape index (κ3) is 4.27. The number of rotatable bonds is 4. The summed E-state index contributed by atoms with van der Waals surface area (Å²) in [6, 6.07) is 4.79. The molecule has 0 fully saturated rings. The molecule has 0 aliphatic carbocycles. The molecule has 1 aromatic rings. The molecule has 0 saturated heterocycles. The smallest absolute Gasteiger partial charge is 0.349 e. The monoisotopic (exact) mass is 359 g/mol. The topological polar surface area (TPSA) is 112 Å². The standard InChI is InChI=1S/C12H14ClN5O4S/c1-8-14-11(22-2)7-18(15-8)16-12(19)17-23(20,21)10-6-4-3-5-9(10)13/h3-7H,1-2H3,(H,14,15)(H2,16,17,19). The number of carbonyl (C=O) groups excluding carboxylic acids is 1. The number of aliphatic imine (C=N–C) groups is 1. The minimum atomic E-state index is -4.10. The lowest BCUT2D eigenvalue weighted by Crippen LogP contribution is -2.54. The van der Waals surface area contributed by atoms with Crippen molar-refractivity contribution in [2.24, 2.45) is 4.99 Å². The Balaban J connectivity index is 2.07. The lowest BCUT2D eigenvalue weighted by molar-refractivity contribution is 0.186. The van der Waals surface area contributed by atoms with Gasteiger partial charge >= 0.3 is 6.03 Å². The molecule has 2 rings (SSSR count). The second kappa shape index (κ2) is 6.75. The molecule has 9 nitrogen and oxygen atoms in total. The van der Waals surface area contributed by atoms with Crippen molar-refractivity contribution in [2.75, 3.05) is 7.11 Å². The first-order chi connectivity index (χ1) is 10.8. The summed E-state index contributed by atoms with van der Waals surface area (Å²) in [7, 11) is -2.69. The second-order valence-corrected chi connectivity index (χ2v) is 6.39. The number of carbonyl (C=O) groups is 1. The van der Waals surface area contributed by atoms with Gasteiger partial charge in [-0.1, -0.05) is 23.7 Å². The Bertz CT molecular complexity index is 777. The van der Waals surface area contributed by atoms with Crippen LogP contribution in [0.25, 0.3) is 0 Å². The predicted octanol–water partition coefficient (Wildman–Crippen LogP) is 0.927. The van der Waals surface area contributed by atoms with E-state index in [0.29, 0.717) is 5.84 Å². The van der Waals surface area contributed by atoms with E-state index < -0.39 is 16.1 Å². The number of hydrogen-bond acceptors (Lipinski definition) is 7. The summed E-state index contributed by atoms with van der Waals surface area (Å²) in [5, 5.41) is 1.12. The average molecular weight is 360 g/mol. The number of methoxy groups -OCH3 is 1. The first-order valence-electron chi connectivity index (χ1n) is 6.27. The zero-order valence-electron chi connectivity index (χ0n) is 12.2. The van der Waals surface area contributed by atoms with E-state index in [1.165, 1.54) is 31.5 Å². The molecule has 1 aliphatic heterocycles. The van der Waals surface area contributed by atoms with Gasteiger partial charge in [-0.15, -0.1) is 0 Å². The molecule has 0 unspecified atom stereocenters. The summed E-state index contributed by atoms with van der Waals surface area (Å²) < 4.78 is 31.1. The van der Waals surface area contributed by atoms with Crippen LogP contribution in [-0.2, 0) is 14.8 Å². The summed E-state index contributed by atoms with van der Waals surface area (Å²) in [5.74, 6) is 0.675. The third-order valence-electron chi connectivity index (χ3n) is 2.58. The predicted molar refractivity (Wildman–Crippen MR) is 83.5 cm³/mol. The van der Waals surface area contributed by atoms with Gasteiger partial charge in [0.1, 0.15) is 16.9 Å². The maximum atomic E-state index is 12.1. The lowest BCUT2D eigenvalue weighted by atomic mass is 10.4. The number of ether oxygens (including phenoxy) is 1. The van der Waals surface area contributed by atoms with Gasteiger partial charge in [0, 0.05) is 0 Å². The van der Waals surface area contributed by atoms with Gasteiger partial charge in [-0.2, -0.15) is 10.1 Å². The van der Waals surface area contributed by atoms with E-state index >= 15 is 0 Å². The Hall–Kier alpha value is -2.46. The molecule has 1 heterocycles. The molecule has 0 spiro atoms. The molecule has 11 heteroatoms. The first-order valence-corrected chi connectivity index (χ1v) is 8.13. The van der Waals surface area contributed by atoms with Crippen LogP contribution in [0, 0.1) is 0 Å². The fraction of sp³-hybridized carbons (Fsp3) is 0.167. The van der Waals surface area contributed by atoms with Gasteiger partial charge in [-0.3, -0.25) is 5.43 Å². The fourth-order valence-corrected chi connectivity index (χ4v) is 3.09. The summed E-state index contributed by atoms with van der Waals surface area (Å²) >= 11 is 5.83. The van der Waals surface area contributed by atoms with Gasteiger partial charge in [0.05, 0.1) is 12.1 Å². The highest BCUT2D eigenvalue weighted by Crippen LogP contribution is 2.19. The van der Waals surface area contributed by atoms with Crippen molar-refractivity contribution in [1.29, 1.82) is 0 Å². The van der Waals surface area contributed by atoms with Gasteiger partial charge in [-0.05, 0) is 19.1 Å². The number of sulfonamides is 1. The van der Waals surface area contributed by atoms with Crippen LogP contribution in [0.5, 0.6) is 0 Å². The number of amides is 2. The Morgan fingerprint density at radius 1 is 1.39 bits per heavy atom. The summed E-state index contributed by atoms with van der Waals surface area (Å²) in [4.78, 5) is 15.7. The molecule has 1 aliphatic rings. The number of hydrazine groups is 2. The van der Waals surface area contributed by atoms with E-state index in [4.69, 9.17) is 16.3 Å². The molecule has 124 valence electrons. The van der Waals surface area contributed by atoms with Crippen molar-refractivity contribution in [3.8, 4) is 0 Å². The van der Waals surface area contributed by atoms with Crippen LogP contribution in [0.3, 0.4) is 0 Å². The normalized spacial score (nSPS) is 14.3. The van der Waals surface area contributed by atoms with Crippen LogP contribution in [0.1, 0.15) is 6.92 Å². The van der Waals surface area contributed by atoms with Crippen molar-refractivity contribution in [2.45, 2.75) is 11.8 Å². The molecule has 0 atom stereocenters. The van der Waals surface area contributed by atoms with Crippen LogP contribution in [-0.4, -0.2) is 32.5 Å². The molecular weight excluding hydrogens is 346 g/mol. The van der Waals surface area contributed by atoms with Crippen molar-refractivity contribution < 1.29 is 17.9 Å². The van der Waals surface area contributed by atoms with E-state index in [0.717, 1.165) is 5.12 Å². The Morgan fingerprint density at radius 3 is 2.74 bits per heavy atom. The summed E-state index contributed by atoms with van der Waals surface area (Å²) in [5.41, 5.74) is 4.95. The highest BCUT2D eigenvalue weighted by atomic mass is 35.5. The molecule has 1 aromatic carbocycles. The number of hydrogen-bond donors (Lipinski definition) is 3. The highest BCUT2D eigenvalue weighted by Gasteiger charge is 2.22. The van der Waals surface area contributed by atoms with Crippen LogP contribution in [0.4, 0.5) is 4.79 Å². The third-order valence-corrected chi connectivity index (χ3v) is 4.41. The Kier molecular flexibility index (Phi) is 4.96. The van der Waals surface area contributed by atoms with Gasteiger partial charge in [-0.25, -0.2) is 23.4 Å². The minimum Gasteiger partial charge on any atom is -0.480 e. The number of halogens is 1. The van der Waals surface area contributed by atoms with Crippen LogP contribution in [0.15, 0.2) is 46.2 Å². The quantitative estimate of drug-likeness (QED) is 0.737. The van der Waals surface area contributed by atoms with Crippen LogP contribution in [0.2, 0.25) is 5.02 Å². The van der Waals surface area contributed by atoms with Gasteiger partial charge in [0.15, 0.2) is 0 Å². The van der Waals surface area contributed by atoms with E-state index in [-0.39, 0.29) is 15.8 Å². The lowest BCUT2D eigenvalue weighted by Gasteiger charge is -2.25. The van der Waals surface area contributed by atoms with E-state index in [2.05, 4.69) is 15.8 Å². The van der Waals surface area contributed by atoms with Crippen molar-refractivity contribution in [1.82, 2.24) is 20.7 Å². The van der Waals surface area contributed by atoms with Gasteiger partial charge < -0.3 is 4.74 Å². The Labute approximate surface area is 138 Å². The average Bonchev–Trinajstić information content (AvgIpc) is 2.46. The highest BCUT2D eigenvalue weighted by molar-refractivity contribution is 7.90. The van der Waals surface area contributed by atoms with Crippen LogP contribution >= 0.6 is 11.6 Å². The summed E-state index contributed by atoms with van der Waals surface area (Å²) in [6.07, 6.45) is 1.33. The molecule has 23 heavy (non-hydrogen) atoms. The largest absolute Gasteiger partial charge is 0.480 e. The maximum Gasteiger partial charge on any atom is 0.349 e. The number of amidine groups is 1. The number of benzene rings is 1. The molecule has 0 radical (unpaired) electrons. The first kappa shape index (κ1) is 16.9. The summed E-state index contributed by atoms with van der Waals surface area (Å²) in [6.45, 7) is 1.64. The van der Waals surface area contributed by atoms with E-state index in [9.17, 15) is 13.2 Å². The van der Waals surface area contributed by atoms with Crippen molar-refractivity contribution in [3.05, 3.63) is 41.4 Å². The molecule has 0 bridgehead atoms. The number of urea groups is 1. The Morgan fingerprint density at radius 2 is 2.09 bits per heavy atom.